The zero-order chi connectivity index (χ0) is 21.0. The first-order valence-electron chi connectivity index (χ1n) is 9.65. The molecule has 0 saturated carbocycles. The van der Waals surface area contributed by atoms with E-state index in [4.69, 9.17) is 5.21 Å². The Balaban J connectivity index is 3.02. The Morgan fingerprint density at radius 2 is 1.96 bits per heavy atom. The van der Waals surface area contributed by atoms with Crippen LogP contribution in [0.3, 0.4) is 0 Å². The molecule has 6 nitrogen and oxygen atoms in total. The van der Waals surface area contributed by atoms with Crippen molar-refractivity contribution in [1.82, 2.24) is 10.4 Å². The molecule has 0 aliphatic carbocycles. The summed E-state index contributed by atoms with van der Waals surface area (Å²) in [5.41, 5.74) is 3.02. The molecular weight excluding hydrogens is 396 g/mol. The Labute approximate surface area is 173 Å². The number of thioether (sulfide) groups is 1. The van der Waals surface area contributed by atoms with Crippen LogP contribution in [0.15, 0.2) is 29.2 Å². The minimum Gasteiger partial charge on any atom is -0.303 e. The molecule has 1 aromatic rings. The largest absolute Gasteiger partial charge is 0.303 e. The molecule has 0 spiro atoms. The van der Waals surface area contributed by atoms with E-state index in [1.807, 2.05) is 25.1 Å². The molecule has 0 heterocycles. The SMILES string of the molecule is CCCCS(=O)(=O)Cc1cc(/C=C/C(=O)NO)ccc1SCCN(CC)CC. The Morgan fingerprint density at radius 1 is 1.25 bits per heavy atom. The highest BCUT2D eigenvalue weighted by Crippen LogP contribution is 2.27. The van der Waals surface area contributed by atoms with Crippen LogP contribution in [-0.4, -0.2) is 55.6 Å². The van der Waals surface area contributed by atoms with E-state index in [-0.39, 0.29) is 11.5 Å². The number of hydrogen-bond donors (Lipinski definition) is 2. The molecule has 1 rings (SSSR count). The molecule has 0 unspecified atom stereocenters. The van der Waals surface area contributed by atoms with Gasteiger partial charge in [-0.2, -0.15) is 0 Å². The number of hydroxylamine groups is 1. The average Bonchev–Trinajstić information content (AvgIpc) is 2.68. The summed E-state index contributed by atoms with van der Waals surface area (Å²) in [6.45, 7) is 9.16. The fourth-order valence-corrected chi connectivity index (χ4v) is 5.39. The van der Waals surface area contributed by atoms with Crippen LogP contribution in [0.5, 0.6) is 0 Å². The van der Waals surface area contributed by atoms with Crippen LogP contribution in [-0.2, 0) is 20.4 Å². The number of benzene rings is 1. The molecule has 0 radical (unpaired) electrons. The van der Waals surface area contributed by atoms with Gasteiger partial charge in [0.2, 0.25) is 0 Å². The first-order chi connectivity index (χ1) is 13.3. The van der Waals surface area contributed by atoms with Crippen molar-refractivity contribution in [3.8, 4) is 0 Å². The quantitative estimate of drug-likeness (QED) is 0.217. The van der Waals surface area contributed by atoms with Gasteiger partial charge in [-0.15, -0.1) is 11.8 Å². The molecule has 2 N–H and O–H groups in total. The van der Waals surface area contributed by atoms with Crippen LogP contribution in [0.4, 0.5) is 0 Å². The highest BCUT2D eigenvalue weighted by molar-refractivity contribution is 7.99. The van der Waals surface area contributed by atoms with E-state index < -0.39 is 15.7 Å². The Morgan fingerprint density at radius 3 is 2.57 bits per heavy atom. The molecule has 8 heteroatoms. The van der Waals surface area contributed by atoms with E-state index in [0.29, 0.717) is 6.42 Å². The van der Waals surface area contributed by atoms with Gasteiger partial charge in [-0.3, -0.25) is 10.0 Å². The van der Waals surface area contributed by atoms with Crippen molar-refractivity contribution in [2.75, 3.05) is 31.1 Å². The van der Waals surface area contributed by atoms with Gasteiger partial charge in [-0.05, 0) is 48.8 Å². The number of amides is 1. The van der Waals surface area contributed by atoms with Gasteiger partial charge in [-0.1, -0.05) is 33.3 Å². The van der Waals surface area contributed by atoms with Gasteiger partial charge in [0.25, 0.3) is 5.91 Å². The van der Waals surface area contributed by atoms with Crippen LogP contribution < -0.4 is 5.48 Å². The van der Waals surface area contributed by atoms with Crippen LogP contribution in [0.2, 0.25) is 0 Å². The summed E-state index contributed by atoms with van der Waals surface area (Å²) in [5, 5.41) is 8.59. The number of sulfone groups is 1. The molecule has 0 bridgehead atoms. The van der Waals surface area contributed by atoms with Crippen molar-refractivity contribution >= 4 is 33.6 Å². The van der Waals surface area contributed by atoms with Gasteiger partial charge in [0.1, 0.15) is 0 Å². The van der Waals surface area contributed by atoms with Gasteiger partial charge >= 0.3 is 0 Å². The molecule has 0 atom stereocenters. The van der Waals surface area contributed by atoms with Gasteiger partial charge in [0, 0.05) is 23.3 Å². The number of nitrogens with zero attached hydrogens (tertiary/aromatic N) is 1. The first-order valence-corrected chi connectivity index (χ1v) is 12.5. The summed E-state index contributed by atoms with van der Waals surface area (Å²) in [7, 11) is -3.19. The molecule has 28 heavy (non-hydrogen) atoms. The second-order valence-corrected chi connectivity index (χ2v) is 9.82. The zero-order valence-corrected chi connectivity index (χ0v) is 18.6. The fraction of sp³-hybridized carbons (Fsp3) is 0.550. The zero-order valence-electron chi connectivity index (χ0n) is 17.0. The molecular formula is C20H32N2O4S2. The second-order valence-electron chi connectivity index (χ2n) is 6.50. The molecule has 0 saturated heterocycles. The monoisotopic (exact) mass is 428 g/mol. The van der Waals surface area contributed by atoms with Crippen molar-refractivity contribution in [3.05, 3.63) is 35.4 Å². The maximum Gasteiger partial charge on any atom is 0.267 e. The van der Waals surface area contributed by atoms with Crippen molar-refractivity contribution < 1.29 is 18.4 Å². The third-order valence-electron chi connectivity index (χ3n) is 4.37. The predicted octanol–water partition coefficient (Wildman–Crippen LogP) is 3.35. The lowest BCUT2D eigenvalue weighted by molar-refractivity contribution is -0.124. The first kappa shape index (κ1) is 24.7. The minimum absolute atomic E-state index is 0.00548. The number of nitrogens with one attached hydrogen (secondary N) is 1. The van der Waals surface area contributed by atoms with Crippen molar-refractivity contribution in [2.45, 2.75) is 44.3 Å². The standard InChI is InChI=1S/C20H32N2O4S2/c1-4-7-14-28(25,26)16-18-15-17(9-11-20(23)21-24)8-10-19(18)27-13-12-22(5-2)6-3/h8-11,15,24H,4-7,12-14,16H2,1-3H3,(H,21,23)/b11-9+. The number of carbonyl (C=O) groups is 1. The maximum absolute atomic E-state index is 12.5. The summed E-state index contributed by atoms with van der Waals surface area (Å²) in [6, 6.07) is 5.57. The summed E-state index contributed by atoms with van der Waals surface area (Å²) in [4.78, 5) is 14.5. The highest BCUT2D eigenvalue weighted by Gasteiger charge is 2.15. The van der Waals surface area contributed by atoms with Crippen molar-refractivity contribution in [1.29, 1.82) is 0 Å². The molecule has 0 aromatic heterocycles. The Kier molecular flexibility index (Phi) is 11.4. The third kappa shape index (κ3) is 9.23. The highest BCUT2D eigenvalue weighted by atomic mass is 32.2. The summed E-state index contributed by atoms with van der Waals surface area (Å²) in [5.74, 6) is 0.426. The lowest BCUT2D eigenvalue weighted by Crippen LogP contribution is -2.25. The van der Waals surface area contributed by atoms with Gasteiger partial charge < -0.3 is 4.90 Å². The van der Waals surface area contributed by atoms with Gasteiger partial charge in [0.05, 0.1) is 11.5 Å². The molecule has 158 valence electrons. The third-order valence-corrected chi connectivity index (χ3v) is 7.12. The maximum atomic E-state index is 12.5. The number of hydrogen-bond acceptors (Lipinski definition) is 6. The summed E-state index contributed by atoms with van der Waals surface area (Å²) >= 11 is 1.66. The molecule has 0 fully saturated rings. The lowest BCUT2D eigenvalue weighted by atomic mass is 10.1. The van der Waals surface area contributed by atoms with E-state index in [1.54, 1.807) is 23.3 Å². The van der Waals surface area contributed by atoms with E-state index >= 15 is 0 Å². The van der Waals surface area contributed by atoms with Gasteiger partial charge in [-0.25, -0.2) is 13.9 Å². The second kappa shape index (κ2) is 13.0. The van der Waals surface area contributed by atoms with E-state index in [1.165, 1.54) is 6.08 Å². The van der Waals surface area contributed by atoms with E-state index in [2.05, 4.69) is 18.7 Å². The summed E-state index contributed by atoms with van der Waals surface area (Å²) in [6.07, 6.45) is 4.25. The Hall–Kier alpha value is -1.35. The summed E-state index contributed by atoms with van der Waals surface area (Å²) < 4.78 is 25.0. The molecule has 0 aliphatic heterocycles. The molecule has 1 amide bonds. The van der Waals surface area contributed by atoms with E-state index in [0.717, 1.165) is 47.8 Å². The molecule has 1 aromatic carbocycles. The Bertz CT molecular complexity index is 745. The van der Waals surface area contributed by atoms with E-state index in [9.17, 15) is 13.2 Å². The van der Waals surface area contributed by atoms with Crippen LogP contribution in [0.1, 0.15) is 44.7 Å². The van der Waals surface area contributed by atoms with Crippen LogP contribution >= 0.6 is 11.8 Å². The normalized spacial score (nSPS) is 12.0. The number of rotatable bonds is 13. The average molecular weight is 429 g/mol. The predicted molar refractivity (Wildman–Crippen MR) is 116 cm³/mol. The fourth-order valence-electron chi connectivity index (χ4n) is 2.66. The topological polar surface area (TPSA) is 86.7 Å². The van der Waals surface area contributed by atoms with Gasteiger partial charge in [0.15, 0.2) is 9.84 Å². The number of unbranched alkanes of at least 4 members (excludes halogenated alkanes) is 1. The van der Waals surface area contributed by atoms with Crippen LogP contribution in [0, 0.1) is 0 Å². The number of carbonyl (C=O) groups excluding carboxylic acids is 1. The van der Waals surface area contributed by atoms with Crippen molar-refractivity contribution in [3.63, 3.8) is 0 Å². The molecule has 0 aliphatic rings. The lowest BCUT2D eigenvalue weighted by Gasteiger charge is -2.18. The smallest absolute Gasteiger partial charge is 0.267 e. The minimum atomic E-state index is -3.19. The van der Waals surface area contributed by atoms with Crippen LogP contribution in [0.25, 0.3) is 6.08 Å². The van der Waals surface area contributed by atoms with Crippen molar-refractivity contribution in [2.24, 2.45) is 0 Å².